The molecule has 2 aromatic rings. The summed E-state index contributed by atoms with van der Waals surface area (Å²) in [6, 6.07) is 12.8. The smallest absolute Gasteiger partial charge is 0.225 e. The molecular formula is C16H17N3O2. The summed E-state index contributed by atoms with van der Waals surface area (Å²) < 4.78 is 5.26. The van der Waals surface area contributed by atoms with Crippen LogP contribution in [-0.2, 0) is 11.3 Å². The molecule has 0 aliphatic rings. The third-order valence-corrected chi connectivity index (χ3v) is 3.05. The van der Waals surface area contributed by atoms with Crippen molar-refractivity contribution in [3.05, 3.63) is 54.0 Å². The average molecular weight is 283 g/mol. The molecule has 0 unspecified atom stereocenters. The van der Waals surface area contributed by atoms with E-state index in [2.05, 4.69) is 11.4 Å². The van der Waals surface area contributed by atoms with E-state index in [1.165, 1.54) is 0 Å². The van der Waals surface area contributed by atoms with Crippen molar-refractivity contribution in [2.45, 2.75) is 13.0 Å². The summed E-state index contributed by atoms with van der Waals surface area (Å²) in [6.45, 7) is 1.27. The van der Waals surface area contributed by atoms with Crippen LogP contribution < -0.4 is 5.32 Å². The van der Waals surface area contributed by atoms with Crippen molar-refractivity contribution >= 4 is 11.6 Å². The summed E-state index contributed by atoms with van der Waals surface area (Å²) in [5.41, 5.74) is 1.02. The van der Waals surface area contributed by atoms with Gasteiger partial charge in [-0.1, -0.05) is 12.1 Å². The van der Waals surface area contributed by atoms with Crippen LogP contribution in [0.1, 0.15) is 17.7 Å². The SMILES string of the molecule is CN(CCC(=O)Nc1ccccc1C#N)Cc1ccco1. The van der Waals surface area contributed by atoms with Gasteiger partial charge in [0.15, 0.2) is 0 Å². The molecule has 108 valence electrons. The molecule has 0 spiro atoms. The second-order valence-corrected chi connectivity index (χ2v) is 4.77. The molecule has 1 amide bonds. The van der Waals surface area contributed by atoms with Gasteiger partial charge < -0.3 is 9.73 Å². The molecule has 0 saturated heterocycles. The fraction of sp³-hybridized carbons (Fsp3) is 0.250. The molecule has 0 saturated carbocycles. The Hall–Kier alpha value is -2.58. The van der Waals surface area contributed by atoms with Gasteiger partial charge in [-0.15, -0.1) is 0 Å². The monoisotopic (exact) mass is 283 g/mol. The fourth-order valence-electron chi connectivity index (χ4n) is 1.94. The minimum atomic E-state index is -0.107. The molecule has 21 heavy (non-hydrogen) atoms. The second kappa shape index (κ2) is 7.27. The van der Waals surface area contributed by atoms with E-state index in [1.807, 2.05) is 24.1 Å². The first-order valence-electron chi connectivity index (χ1n) is 6.69. The van der Waals surface area contributed by atoms with E-state index in [9.17, 15) is 4.79 Å². The largest absolute Gasteiger partial charge is 0.468 e. The Kier molecular flexibility index (Phi) is 5.13. The second-order valence-electron chi connectivity index (χ2n) is 4.77. The molecular weight excluding hydrogens is 266 g/mol. The van der Waals surface area contributed by atoms with Crippen molar-refractivity contribution in [2.24, 2.45) is 0 Å². The molecule has 1 N–H and O–H groups in total. The lowest BCUT2D eigenvalue weighted by atomic mass is 10.2. The molecule has 0 bridgehead atoms. The van der Waals surface area contributed by atoms with Gasteiger partial charge in [0.25, 0.3) is 0 Å². The number of rotatable bonds is 6. The Morgan fingerprint density at radius 2 is 2.14 bits per heavy atom. The molecule has 5 nitrogen and oxygen atoms in total. The number of furan rings is 1. The van der Waals surface area contributed by atoms with E-state index in [-0.39, 0.29) is 5.91 Å². The van der Waals surface area contributed by atoms with Crippen molar-refractivity contribution in [1.29, 1.82) is 5.26 Å². The number of anilines is 1. The average Bonchev–Trinajstić information content (AvgIpc) is 2.98. The fourth-order valence-corrected chi connectivity index (χ4v) is 1.94. The van der Waals surface area contributed by atoms with Gasteiger partial charge >= 0.3 is 0 Å². The summed E-state index contributed by atoms with van der Waals surface area (Å²) in [5.74, 6) is 0.761. The zero-order valence-corrected chi connectivity index (χ0v) is 11.9. The number of nitriles is 1. The number of hydrogen-bond donors (Lipinski definition) is 1. The molecule has 0 radical (unpaired) electrons. The minimum Gasteiger partial charge on any atom is -0.468 e. The van der Waals surface area contributed by atoms with Crippen LogP contribution in [0.4, 0.5) is 5.69 Å². The number of amides is 1. The van der Waals surface area contributed by atoms with Crippen LogP contribution in [0, 0.1) is 11.3 Å². The van der Waals surface area contributed by atoms with Crippen molar-refractivity contribution in [3.8, 4) is 6.07 Å². The van der Waals surface area contributed by atoms with E-state index in [0.717, 1.165) is 5.76 Å². The summed E-state index contributed by atoms with van der Waals surface area (Å²) in [5, 5.41) is 11.7. The van der Waals surface area contributed by atoms with E-state index in [0.29, 0.717) is 30.8 Å². The Bertz CT molecular complexity index is 629. The quantitative estimate of drug-likeness (QED) is 0.884. The number of para-hydroxylation sites is 1. The highest BCUT2D eigenvalue weighted by molar-refractivity contribution is 5.92. The minimum absolute atomic E-state index is 0.107. The summed E-state index contributed by atoms with van der Waals surface area (Å²) in [4.78, 5) is 13.9. The topological polar surface area (TPSA) is 69.3 Å². The van der Waals surface area contributed by atoms with Crippen LogP contribution in [0.2, 0.25) is 0 Å². The third-order valence-electron chi connectivity index (χ3n) is 3.05. The highest BCUT2D eigenvalue weighted by Gasteiger charge is 2.08. The molecule has 5 heteroatoms. The Balaban J connectivity index is 1.81. The molecule has 1 heterocycles. The molecule has 0 aliphatic heterocycles. The van der Waals surface area contributed by atoms with Gasteiger partial charge in [-0.25, -0.2) is 0 Å². The third kappa shape index (κ3) is 4.48. The van der Waals surface area contributed by atoms with Crippen molar-refractivity contribution in [2.75, 3.05) is 18.9 Å². The first kappa shape index (κ1) is 14.8. The van der Waals surface area contributed by atoms with Gasteiger partial charge in [0.2, 0.25) is 5.91 Å². The highest BCUT2D eigenvalue weighted by atomic mass is 16.3. The van der Waals surface area contributed by atoms with Crippen LogP contribution in [0.15, 0.2) is 47.1 Å². The van der Waals surface area contributed by atoms with Gasteiger partial charge in [0.05, 0.1) is 24.1 Å². The van der Waals surface area contributed by atoms with Crippen molar-refractivity contribution in [1.82, 2.24) is 4.90 Å². The molecule has 1 aromatic carbocycles. The van der Waals surface area contributed by atoms with Crippen LogP contribution in [0.25, 0.3) is 0 Å². The first-order valence-corrected chi connectivity index (χ1v) is 6.69. The van der Waals surface area contributed by atoms with Crippen molar-refractivity contribution < 1.29 is 9.21 Å². The number of benzene rings is 1. The summed E-state index contributed by atoms with van der Waals surface area (Å²) in [7, 11) is 1.93. The summed E-state index contributed by atoms with van der Waals surface area (Å²) >= 11 is 0. The molecule has 1 aromatic heterocycles. The number of nitrogens with one attached hydrogen (secondary N) is 1. The van der Waals surface area contributed by atoms with Crippen LogP contribution in [0.5, 0.6) is 0 Å². The lowest BCUT2D eigenvalue weighted by molar-refractivity contribution is -0.116. The Labute approximate surface area is 123 Å². The number of nitrogens with zero attached hydrogens (tertiary/aromatic N) is 2. The maximum absolute atomic E-state index is 11.9. The maximum atomic E-state index is 11.9. The van der Waals surface area contributed by atoms with Crippen molar-refractivity contribution in [3.63, 3.8) is 0 Å². The van der Waals surface area contributed by atoms with Crippen LogP contribution in [0.3, 0.4) is 0 Å². The number of carbonyl (C=O) groups excluding carboxylic acids is 1. The lowest BCUT2D eigenvalue weighted by Gasteiger charge is -2.15. The first-order chi connectivity index (χ1) is 10.2. The standard InChI is InChI=1S/C16H17N3O2/c1-19(12-14-6-4-10-21-14)9-8-16(20)18-15-7-3-2-5-13(15)11-17/h2-7,10H,8-9,12H2,1H3,(H,18,20). The molecule has 0 atom stereocenters. The Morgan fingerprint density at radius 3 is 2.86 bits per heavy atom. The number of hydrogen-bond acceptors (Lipinski definition) is 4. The zero-order valence-electron chi connectivity index (χ0n) is 11.9. The lowest BCUT2D eigenvalue weighted by Crippen LogP contribution is -2.24. The van der Waals surface area contributed by atoms with E-state index >= 15 is 0 Å². The van der Waals surface area contributed by atoms with Gasteiger partial charge in [-0.2, -0.15) is 5.26 Å². The molecule has 0 fully saturated rings. The Morgan fingerprint density at radius 1 is 1.33 bits per heavy atom. The normalized spacial score (nSPS) is 10.3. The van der Waals surface area contributed by atoms with E-state index in [4.69, 9.17) is 9.68 Å². The van der Waals surface area contributed by atoms with Gasteiger partial charge in [0, 0.05) is 13.0 Å². The summed E-state index contributed by atoms with van der Waals surface area (Å²) in [6.07, 6.45) is 1.99. The number of carbonyl (C=O) groups is 1. The van der Waals surface area contributed by atoms with Crippen LogP contribution >= 0.6 is 0 Å². The maximum Gasteiger partial charge on any atom is 0.225 e. The van der Waals surface area contributed by atoms with Gasteiger partial charge in [0.1, 0.15) is 11.8 Å². The van der Waals surface area contributed by atoms with E-state index < -0.39 is 0 Å². The highest BCUT2D eigenvalue weighted by Crippen LogP contribution is 2.13. The van der Waals surface area contributed by atoms with Gasteiger partial charge in [-0.3, -0.25) is 9.69 Å². The molecule has 2 rings (SSSR count). The van der Waals surface area contributed by atoms with Crippen LogP contribution in [-0.4, -0.2) is 24.4 Å². The molecule has 0 aliphatic carbocycles. The van der Waals surface area contributed by atoms with Gasteiger partial charge in [-0.05, 0) is 31.3 Å². The zero-order chi connectivity index (χ0) is 15.1. The predicted octanol–water partition coefficient (Wildman–Crippen LogP) is 2.61. The van der Waals surface area contributed by atoms with E-state index in [1.54, 1.807) is 30.5 Å². The predicted molar refractivity (Wildman–Crippen MR) is 79.4 cm³/mol.